The van der Waals surface area contributed by atoms with E-state index in [1.165, 1.54) is 0 Å². The summed E-state index contributed by atoms with van der Waals surface area (Å²) in [6, 6.07) is 1.11. The Kier molecular flexibility index (Phi) is 6.26. The van der Waals surface area contributed by atoms with Crippen LogP contribution in [0.1, 0.15) is 58.6 Å². The highest BCUT2D eigenvalue weighted by molar-refractivity contribution is 5.96. The van der Waals surface area contributed by atoms with Gasteiger partial charge in [-0.25, -0.2) is 8.78 Å². The second kappa shape index (κ2) is 8.38. The van der Waals surface area contributed by atoms with E-state index in [-0.39, 0.29) is 49.7 Å². The van der Waals surface area contributed by atoms with Crippen LogP contribution in [0.25, 0.3) is 0 Å². The first-order chi connectivity index (χ1) is 13.5. The average Bonchev–Trinajstić information content (AvgIpc) is 3.12. The van der Waals surface area contributed by atoms with Gasteiger partial charge in [0.1, 0.15) is 11.8 Å². The van der Waals surface area contributed by atoms with Gasteiger partial charge in [0.05, 0.1) is 6.54 Å². The fourth-order valence-electron chi connectivity index (χ4n) is 3.72. The largest absolute Gasteiger partial charge is 0.359 e. The molecule has 1 atom stereocenters. The van der Waals surface area contributed by atoms with Crippen LogP contribution in [0, 0.1) is 0 Å². The van der Waals surface area contributed by atoms with Gasteiger partial charge >= 0.3 is 0 Å². The van der Waals surface area contributed by atoms with E-state index >= 15 is 0 Å². The van der Waals surface area contributed by atoms with Crippen molar-refractivity contribution >= 4 is 17.6 Å². The Morgan fingerprint density at radius 1 is 1.24 bits per heavy atom. The highest BCUT2D eigenvalue weighted by Gasteiger charge is 2.37. The Morgan fingerprint density at radius 3 is 2.55 bits per heavy atom. The fraction of sp³-hybridized carbons (Fsp3) is 0.750. The Hall–Kier alpha value is -2.03. The molecular weight excluding hydrogens is 382 g/mol. The van der Waals surface area contributed by atoms with Gasteiger partial charge in [0, 0.05) is 44.0 Å². The molecular formula is C20H30F2N4O3. The van der Waals surface area contributed by atoms with Gasteiger partial charge in [0.2, 0.25) is 11.8 Å². The third kappa shape index (κ3) is 5.52. The van der Waals surface area contributed by atoms with E-state index in [9.17, 15) is 18.4 Å². The first-order valence-corrected chi connectivity index (χ1v) is 10.2. The Morgan fingerprint density at radius 2 is 1.93 bits per heavy atom. The van der Waals surface area contributed by atoms with Crippen LogP contribution in [0.5, 0.6) is 0 Å². The van der Waals surface area contributed by atoms with Gasteiger partial charge < -0.3 is 14.7 Å². The number of hydrogen-bond donors (Lipinski definition) is 1. The monoisotopic (exact) mass is 412 g/mol. The number of amides is 2. The number of halogens is 2. The van der Waals surface area contributed by atoms with Crippen molar-refractivity contribution in [2.24, 2.45) is 0 Å². The van der Waals surface area contributed by atoms with Crippen molar-refractivity contribution in [3.8, 4) is 0 Å². The third-order valence-electron chi connectivity index (χ3n) is 5.57. The number of likely N-dealkylation sites (tertiary alicyclic amines) is 2. The first kappa shape index (κ1) is 21.7. The molecule has 0 aromatic carbocycles. The van der Waals surface area contributed by atoms with Crippen molar-refractivity contribution in [2.75, 3.05) is 31.5 Å². The van der Waals surface area contributed by atoms with Crippen molar-refractivity contribution in [3.63, 3.8) is 0 Å². The maximum absolute atomic E-state index is 13.3. The number of aromatic nitrogens is 1. The minimum absolute atomic E-state index is 0.0675. The van der Waals surface area contributed by atoms with E-state index in [1.54, 1.807) is 15.9 Å². The highest BCUT2D eigenvalue weighted by Crippen LogP contribution is 2.28. The summed E-state index contributed by atoms with van der Waals surface area (Å²) in [5.41, 5.74) is -0.228. The van der Waals surface area contributed by atoms with Crippen molar-refractivity contribution in [3.05, 3.63) is 11.8 Å². The zero-order chi connectivity index (χ0) is 21.2. The van der Waals surface area contributed by atoms with Crippen LogP contribution in [-0.2, 0) is 15.0 Å². The van der Waals surface area contributed by atoms with Crippen molar-refractivity contribution in [1.29, 1.82) is 0 Å². The molecule has 0 aliphatic carbocycles. The Bertz CT molecular complexity index is 734. The zero-order valence-electron chi connectivity index (χ0n) is 17.3. The molecule has 9 heteroatoms. The number of nitrogens with one attached hydrogen (secondary N) is 1. The Balaban J connectivity index is 1.60. The molecule has 3 heterocycles. The summed E-state index contributed by atoms with van der Waals surface area (Å²) in [6.07, 6.45) is 1.79. The maximum atomic E-state index is 13.3. The van der Waals surface area contributed by atoms with E-state index in [0.29, 0.717) is 24.5 Å². The maximum Gasteiger partial charge on any atom is 0.250 e. The van der Waals surface area contributed by atoms with Crippen LogP contribution in [0.15, 0.2) is 10.6 Å². The van der Waals surface area contributed by atoms with Crippen molar-refractivity contribution < 1.29 is 22.9 Å². The Labute approximate surface area is 169 Å². The summed E-state index contributed by atoms with van der Waals surface area (Å²) in [4.78, 5) is 29.0. The number of anilines is 1. The van der Waals surface area contributed by atoms with Gasteiger partial charge in [0.25, 0.3) is 5.92 Å². The summed E-state index contributed by atoms with van der Waals surface area (Å²) in [6.45, 7) is 6.90. The number of rotatable bonds is 4. The first-order valence-electron chi connectivity index (χ1n) is 10.2. The van der Waals surface area contributed by atoms with E-state index in [2.05, 4.69) is 10.5 Å². The number of hydrogen-bond acceptors (Lipinski definition) is 5. The molecule has 162 valence electrons. The second-order valence-corrected chi connectivity index (χ2v) is 9.05. The lowest BCUT2D eigenvalue weighted by Crippen LogP contribution is -2.53. The van der Waals surface area contributed by atoms with Gasteiger partial charge in [-0.05, 0) is 19.3 Å². The van der Waals surface area contributed by atoms with E-state index in [4.69, 9.17) is 4.52 Å². The predicted molar refractivity (Wildman–Crippen MR) is 104 cm³/mol. The minimum Gasteiger partial charge on any atom is -0.359 e. The number of alkyl halides is 2. The third-order valence-corrected chi connectivity index (χ3v) is 5.57. The molecule has 1 N–H and O–H groups in total. The second-order valence-electron chi connectivity index (χ2n) is 9.05. The summed E-state index contributed by atoms with van der Waals surface area (Å²) >= 11 is 0. The minimum atomic E-state index is -2.64. The molecule has 3 rings (SSSR count). The highest BCUT2D eigenvalue weighted by atomic mass is 19.3. The van der Waals surface area contributed by atoms with E-state index in [1.807, 2.05) is 20.8 Å². The average molecular weight is 412 g/mol. The van der Waals surface area contributed by atoms with Crippen molar-refractivity contribution in [1.82, 2.24) is 15.0 Å². The molecule has 2 amide bonds. The van der Waals surface area contributed by atoms with Gasteiger partial charge in [-0.1, -0.05) is 25.9 Å². The van der Waals surface area contributed by atoms with Gasteiger partial charge in [-0.3, -0.25) is 14.5 Å². The van der Waals surface area contributed by atoms with Gasteiger partial charge in [0.15, 0.2) is 5.82 Å². The molecule has 0 saturated carbocycles. The molecule has 2 fully saturated rings. The summed E-state index contributed by atoms with van der Waals surface area (Å²) in [5.74, 6) is -2.14. The lowest BCUT2D eigenvalue weighted by atomic mass is 9.93. The molecule has 0 bridgehead atoms. The molecule has 0 radical (unpaired) electrons. The van der Waals surface area contributed by atoms with Crippen LogP contribution in [0.3, 0.4) is 0 Å². The normalized spacial score (nSPS) is 23.1. The summed E-state index contributed by atoms with van der Waals surface area (Å²) < 4.78 is 32.0. The number of carbonyl (C=O) groups is 2. The molecule has 1 aromatic rings. The zero-order valence-corrected chi connectivity index (χ0v) is 17.3. The smallest absolute Gasteiger partial charge is 0.250 e. The molecule has 2 saturated heterocycles. The van der Waals surface area contributed by atoms with Gasteiger partial charge in [-0.2, -0.15) is 0 Å². The quantitative estimate of drug-likeness (QED) is 0.823. The van der Waals surface area contributed by atoms with E-state index in [0.717, 1.165) is 12.8 Å². The summed E-state index contributed by atoms with van der Waals surface area (Å²) in [5, 5.41) is 6.66. The molecule has 1 aromatic heterocycles. The van der Waals surface area contributed by atoms with Gasteiger partial charge in [-0.15, -0.1) is 0 Å². The van der Waals surface area contributed by atoms with Crippen LogP contribution in [0.2, 0.25) is 0 Å². The fourth-order valence-corrected chi connectivity index (χ4v) is 3.72. The predicted octanol–water partition coefficient (Wildman–Crippen LogP) is 3.02. The molecule has 0 unspecified atom stereocenters. The SMILES string of the molecule is CC(C)(C)c1cc(NC(=O)[C@@H]2CCCCN2C(=O)CN2CCC(F)(F)CC2)no1. The number of piperidine rings is 2. The number of nitrogens with zero attached hydrogens (tertiary/aromatic N) is 3. The number of carbonyl (C=O) groups excluding carboxylic acids is 2. The topological polar surface area (TPSA) is 78.7 Å². The lowest BCUT2D eigenvalue weighted by Gasteiger charge is -2.37. The molecule has 0 spiro atoms. The lowest BCUT2D eigenvalue weighted by molar-refractivity contribution is -0.142. The standard InChI is InChI=1S/C20H30F2N4O3/c1-19(2,3)15-12-16(24-29-15)23-18(28)14-6-4-5-9-26(14)17(27)13-25-10-7-20(21,22)8-11-25/h12,14H,4-11,13H2,1-3H3,(H,23,24,28)/t14-/m0/s1. The van der Waals surface area contributed by atoms with E-state index < -0.39 is 12.0 Å². The van der Waals surface area contributed by atoms with Crippen LogP contribution in [-0.4, -0.2) is 64.9 Å². The molecule has 29 heavy (non-hydrogen) atoms. The molecule has 2 aliphatic rings. The molecule has 2 aliphatic heterocycles. The van der Waals surface area contributed by atoms with Crippen molar-refractivity contribution in [2.45, 2.75) is 70.3 Å². The van der Waals surface area contributed by atoms with Crippen LogP contribution in [0.4, 0.5) is 14.6 Å². The molecule has 7 nitrogen and oxygen atoms in total. The summed E-state index contributed by atoms with van der Waals surface area (Å²) in [7, 11) is 0. The van der Waals surface area contributed by atoms with Crippen LogP contribution >= 0.6 is 0 Å². The van der Waals surface area contributed by atoms with Crippen LogP contribution < -0.4 is 5.32 Å².